The zero-order valence-corrected chi connectivity index (χ0v) is 18.1. The van der Waals surface area contributed by atoms with E-state index < -0.39 is 5.54 Å². The Morgan fingerprint density at radius 2 is 2.10 bits per heavy atom. The molecule has 3 N–H and O–H groups in total. The first-order valence-electron chi connectivity index (χ1n) is 10.8. The van der Waals surface area contributed by atoms with E-state index in [0.29, 0.717) is 35.9 Å². The number of urea groups is 1. The molecule has 31 heavy (non-hydrogen) atoms. The molecular formula is C22H26ClN3O5. The Hall–Kier alpha value is -2.29. The minimum absolute atomic E-state index is 0.150. The van der Waals surface area contributed by atoms with Gasteiger partial charge in [0.25, 0.3) is 5.91 Å². The fraction of sp³-hybridized carbons (Fsp3) is 0.545. The number of hydrogen-bond donors (Lipinski definition) is 3. The third kappa shape index (κ3) is 3.56. The molecule has 2 atom stereocenters. The molecule has 3 heterocycles. The van der Waals surface area contributed by atoms with Crippen molar-refractivity contribution < 1.29 is 23.5 Å². The van der Waals surface area contributed by atoms with Crippen LogP contribution in [0.3, 0.4) is 0 Å². The summed E-state index contributed by atoms with van der Waals surface area (Å²) in [5, 5.41) is 10.2. The molecule has 1 aromatic heterocycles. The fourth-order valence-corrected chi connectivity index (χ4v) is 5.40. The Morgan fingerprint density at radius 1 is 1.29 bits per heavy atom. The van der Waals surface area contributed by atoms with Crippen LogP contribution in [0.25, 0.3) is 11.0 Å². The molecule has 1 saturated heterocycles. The van der Waals surface area contributed by atoms with E-state index in [0.717, 1.165) is 43.1 Å². The van der Waals surface area contributed by atoms with Crippen molar-refractivity contribution in [3.8, 4) is 0 Å². The van der Waals surface area contributed by atoms with Gasteiger partial charge < -0.3 is 29.8 Å². The summed E-state index contributed by atoms with van der Waals surface area (Å²) in [4.78, 5) is 25.4. The second-order valence-electron chi connectivity index (χ2n) is 8.58. The number of methoxy groups -OCH3 is 1. The molecule has 2 aliphatic heterocycles. The minimum Gasteiger partial charge on any atom is -0.450 e. The number of halogens is 1. The van der Waals surface area contributed by atoms with Crippen molar-refractivity contribution >= 4 is 40.2 Å². The first-order valence-corrected chi connectivity index (χ1v) is 11.2. The average Bonchev–Trinajstić information content (AvgIpc) is 3.18. The Morgan fingerprint density at radius 3 is 2.87 bits per heavy atom. The number of nitrogens with one attached hydrogen (secondary N) is 3. The number of amides is 3. The largest absolute Gasteiger partial charge is 0.450 e. The Balaban J connectivity index is 1.54. The van der Waals surface area contributed by atoms with Crippen LogP contribution in [0.2, 0.25) is 5.02 Å². The van der Waals surface area contributed by atoms with Crippen LogP contribution in [0.1, 0.15) is 54.6 Å². The van der Waals surface area contributed by atoms with Crippen LogP contribution in [0.15, 0.2) is 16.5 Å². The normalized spacial score (nSPS) is 25.0. The maximum absolute atomic E-state index is 13.0. The average molecular weight is 448 g/mol. The number of rotatable bonds is 3. The van der Waals surface area contributed by atoms with E-state index in [1.807, 2.05) is 0 Å². The fourth-order valence-electron chi connectivity index (χ4n) is 5.14. The predicted octanol–water partition coefficient (Wildman–Crippen LogP) is 3.91. The van der Waals surface area contributed by atoms with E-state index in [9.17, 15) is 9.59 Å². The van der Waals surface area contributed by atoms with Gasteiger partial charge in [-0.25, -0.2) is 4.79 Å². The van der Waals surface area contributed by atoms with E-state index in [4.69, 9.17) is 25.5 Å². The summed E-state index contributed by atoms with van der Waals surface area (Å²) in [6.07, 6.45) is 5.22. The van der Waals surface area contributed by atoms with Gasteiger partial charge in [-0.3, -0.25) is 4.79 Å². The highest BCUT2D eigenvalue weighted by atomic mass is 35.5. The van der Waals surface area contributed by atoms with Crippen LogP contribution >= 0.6 is 11.6 Å². The molecular weight excluding hydrogens is 422 g/mol. The molecule has 1 aromatic carbocycles. The maximum Gasteiger partial charge on any atom is 0.319 e. The Bertz CT molecular complexity index is 1030. The van der Waals surface area contributed by atoms with Crippen molar-refractivity contribution in [2.45, 2.75) is 56.2 Å². The number of furan rings is 1. The summed E-state index contributed by atoms with van der Waals surface area (Å²) in [7, 11) is 1.61. The second-order valence-corrected chi connectivity index (χ2v) is 8.98. The molecule has 8 nitrogen and oxygen atoms in total. The van der Waals surface area contributed by atoms with Crippen LogP contribution < -0.4 is 16.0 Å². The molecule has 5 rings (SSSR count). The molecule has 3 aliphatic rings. The number of carbonyl (C=O) groups is 2. The Kier molecular flexibility index (Phi) is 5.32. The van der Waals surface area contributed by atoms with Gasteiger partial charge in [0.05, 0.1) is 28.9 Å². The summed E-state index contributed by atoms with van der Waals surface area (Å²) >= 11 is 6.56. The highest BCUT2D eigenvalue weighted by molar-refractivity contribution is 6.35. The third-order valence-corrected chi connectivity index (χ3v) is 6.98. The molecule has 9 heteroatoms. The molecule has 2 aromatic rings. The van der Waals surface area contributed by atoms with Gasteiger partial charge in [0.2, 0.25) is 0 Å². The highest BCUT2D eigenvalue weighted by Crippen LogP contribution is 2.48. The van der Waals surface area contributed by atoms with Gasteiger partial charge in [-0.2, -0.15) is 0 Å². The molecule has 0 unspecified atom stereocenters. The van der Waals surface area contributed by atoms with Crippen molar-refractivity contribution in [1.29, 1.82) is 0 Å². The van der Waals surface area contributed by atoms with E-state index in [-0.39, 0.29) is 29.8 Å². The standard InChI is InChI=1S/C22H26ClN3O5/c1-29-16-11-30-8-5-14(16)24-20(27)15-10-12-9-13(23)18-17(19(12)31-15)22(26-21(28)25-18)6-3-2-4-7-22/h9-10,14,16H,2-8,11H2,1H3,(H,24,27)(H2,25,26,28)/t14-,16+/m1/s1. The number of fused-ring (bicyclic) bond motifs is 4. The quantitative estimate of drug-likeness (QED) is 0.662. The van der Waals surface area contributed by atoms with Crippen molar-refractivity contribution in [3.05, 3.63) is 28.5 Å². The summed E-state index contributed by atoms with van der Waals surface area (Å²) < 4.78 is 17.0. The second kappa shape index (κ2) is 8.00. The first kappa shape index (κ1) is 20.6. The van der Waals surface area contributed by atoms with E-state index >= 15 is 0 Å². The lowest BCUT2D eigenvalue weighted by atomic mass is 9.74. The number of benzene rings is 1. The summed E-state index contributed by atoms with van der Waals surface area (Å²) in [5.74, 6) is -0.0933. The zero-order valence-electron chi connectivity index (χ0n) is 17.4. The van der Waals surface area contributed by atoms with Crippen LogP contribution in [0.5, 0.6) is 0 Å². The molecule has 2 fully saturated rings. The molecule has 166 valence electrons. The highest BCUT2D eigenvalue weighted by Gasteiger charge is 2.44. The zero-order chi connectivity index (χ0) is 21.6. The smallest absolute Gasteiger partial charge is 0.319 e. The SMILES string of the molecule is CO[C@H]1COCC[C@H]1NC(=O)c1cc2cc(Cl)c3c(c2o1)C1(CCCCC1)NC(=O)N3. The molecule has 3 amide bonds. The van der Waals surface area contributed by atoms with Crippen molar-refractivity contribution in [2.24, 2.45) is 0 Å². The predicted molar refractivity (Wildman–Crippen MR) is 116 cm³/mol. The Labute approximate surface area is 185 Å². The lowest BCUT2D eigenvalue weighted by molar-refractivity contribution is -0.0480. The van der Waals surface area contributed by atoms with Crippen LogP contribution in [0, 0.1) is 0 Å². The maximum atomic E-state index is 13.0. The molecule has 1 aliphatic carbocycles. The van der Waals surface area contributed by atoms with Gasteiger partial charge in [-0.15, -0.1) is 0 Å². The van der Waals surface area contributed by atoms with E-state index in [1.54, 1.807) is 19.2 Å². The molecule has 1 spiro atoms. The molecule has 0 bridgehead atoms. The minimum atomic E-state index is -0.535. The van der Waals surface area contributed by atoms with Crippen molar-refractivity contribution in [3.63, 3.8) is 0 Å². The van der Waals surface area contributed by atoms with Gasteiger partial charge in [0.15, 0.2) is 5.76 Å². The van der Waals surface area contributed by atoms with E-state index in [2.05, 4.69) is 16.0 Å². The molecule has 0 radical (unpaired) electrons. The van der Waals surface area contributed by atoms with Gasteiger partial charge in [-0.1, -0.05) is 30.9 Å². The monoisotopic (exact) mass is 447 g/mol. The lowest BCUT2D eigenvalue weighted by Crippen LogP contribution is -2.52. The number of carbonyl (C=O) groups excluding carboxylic acids is 2. The summed E-state index contributed by atoms with van der Waals surface area (Å²) in [5.41, 5.74) is 1.47. The lowest BCUT2D eigenvalue weighted by Gasteiger charge is -2.42. The number of hydrogen-bond acceptors (Lipinski definition) is 5. The number of anilines is 1. The van der Waals surface area contributed by atoms with Gasteiger partial charge >= 0.3 is 6.03 Å². The first-order chi connectivity index (χ1) is 15.0. The van der Waals surface area contributed by atoms with Crippen LogP contribution in [-0.4, -0.2) is 44.4 Å². The third-order valence-electron chi connectivity index (χ3n) is 6.68. The van der Waals surface area contributed by atoms with E-state index in [1.165, 1.54) is 0 Å². The van der Waals surface area contributed by atoms with Crippen molar-refractivity contribution in [1.82, 2.24) is 10.6 Å². The van der Waals surface area contributed by atoms with Gasteiger partial charge in [0, 0.05) is 24.7 Å². The topological polar surface area (TPSA) is 102 Å². The number of ether oxygens (including phenoxy) is 2. The van der Waals surface area contributed by atoms with Crippen LogP contribution in [-0.2, 0) is 15.0 Å². The summed E-state index contributed by atoms with van der Waals surface area (Å²) in [6, 6.07) is 3.04. The van der Waals surface area contributed by atoms with Gasteiger partial charge in [0.1, 0.15) is 11.7 Å². The van der Waals surface area contributed by atoms with Gasteiger partial charge in [-0.05, 0) is 31.4 Å². The summed E-state index contributed by atoms with van der Waals surface area (Å²) in [6.45, 7) is 1.01. The van der Waals surface area contributed by atoms with Crippen LogP contribution in [0.4, 0.5) is 10.5 Å². The molecule has 1 saturated carbocycles. The van der Waals surface area contributed by atoms with Crippen molar-refractivity contribution in [2.75, 3.05) is 25.6 Å².